The van der Waals surface area contributed by atoms with Gasteiger partial charge in [0.15, 0.2) is 0 Å². The predicted octanol–water partition coefficient (Wildman–Crippen LogP) is 3.15. The molecule has 1 aliphatic rings. The van der Waals surface area contributed by atoms with Crippen molar-refractivity contribution in [3.63, 3.8) is 0 Å². The van der Waals surface area contributed by atoms with Crippen LogP contribution in [0.15, 0.2) is 47.4 Å². The second-order valence-electron chi connectivity index (χ2n) is 7.17. The normalized spacial score (nSPS) is 16.3. The molecule has 0 amide bonds. The number of hydrogen-bond acceptors (Lipinski definition) is 4. The van der Waals surface area contributed by atoms with Crippen molar-refractivity contribution < 1.29 is 17.2 Å². The standard InChI is InChI=1S/C20H25F2N3O2S/c1-24(2)17-8-5-15(6-9-17)19(25-11-3-4-12-25)14-23-28(26,27)20-13-16(21)7-10-18(20)22/h5-10,13,19,23H,3-4,11-12,14H2,1-2H3/t19-/m1/s1. The van der Waals surface area contributed by atoms with Crippen LogP contribution in [0.25, 0.3) is 0 Å². The zero-order chi connectivity index (χ0) is 20.3. The van der Waals surface area contributed by atoms with Crippen molar-refractivity contribution >= 4 is 15.7 Å². The molecule has 1 fully saturated rings. The molecule has 3 rings (SSSR count). The van der Waals surface area contributed by atoms with Crippen LogP contribution in [0.1, 0.15) is 24.4 Å². The fourth-order valence-corrected chi connectivity index (χ4v) is 4.58. The molecule has 0 aliphatic carbocycles. The van der Waals surface area contributed by atoms with Gasteiger partial charge < -0.3 is 4.90 Å². The van der Waals surface area contributed by atoms with Gasteiger partial charge in [0, 0.05) is 32.4 Å². The van der Waals surface area contributed by atoms with Crippen LogP contribution in [0, 0.1) is 11.6 Å². The molecule has 0 radical (unpaired) electrons. The summed E-state index contributed by atoms with van der Waals surface area (Å²) in [5.74, 6) is -1.76. The molecule has 0 aromatic heterocycles. The lowest BCUT2D eigenvalue weighted by atomic mass is 10.1. The van der Waals surface area contributed by atoms with Crippen LogP contribution in [0.3, 0.4) is 0 Å². The fourth-order valence-electron chi connectivity index (χ4n) is 3.46. The first kappa shape index (κ1) is 20.7. The molecule has 1 atom stereocenters. The third-order valence-corrected chi connectivity index (χ3v) is 6.46. The van der Waals surface area contributed by atoms with Crippen molar-refractivity contribution in [2.75, 3.05) is 38.6 Å². The lowest BCUT2D eigenvalue weighted by Gasteiger charge is -2.28. The molecule has 2 aromatic carbocycles. The van der Waals surface area contributed by atoms with Gasteiger partial charge in [0.1, 0.15) is 16.5 Å². The van der Waals surface area contributed by atoms with E-state index in [-0.39, 0.29) is 12.6 Å². The van der Waals surface area contributed by atoms with E-state index >= 15 is 0 Å². The molecule has 8 heteroatoms. The van der Waals surface area contributed by atoms with Crippen molar-refractivity contribution in [3.05, 3.63) is 59.7 Å². The SMILES string of the molecule is CN(C)c1ccc([C@@H](CNS(=O)(=O)c2cc(F)ccc2F)N2CCCC2)cc1. The fraction of sp³-hybridized carbons (Fsp3) is 0.400. The number of rotatable bonds is 7. The van der Waals surface area contributed by atoms with Gasteiger partial charge >= 0.3 is 0 Å². The van der Waals surface area contributed by atoms with E-state index in [1.807, 2.05) is 43.3 Å². The van der Waals surface area contributed by atoms with E-state index in [9.17, 15) is 17.2 Å². The van der Waals surface area contributed by atoms with Crippen LogP contribution in [-0.2, 0) is 10.0 Å². The average Bonchev–Trinajstić information content (AvgIpc) is 3.18. The van der Waals surface area contributed by atoms with Gasteiger partial charge in [-0.1, -0.05) is 12.1 Å². The summed E-state index contributed by atoms with van der Waals surface area (Å²) < 4.78 is 54.9. The molecule has 1 N–H and O–H groups in total. The molecule has 1 saturated heterocycles. The van der Waals surface area contributed by atoms with E-state index in [1.165, 1.54) is 0 Å². The molecule has 0 unspecified atom stereocenters. The van der Waals surface area contributed by atoms with Crippen molar-refractivity contribution in [3.8, 4) is 0 Å². The molecule has 5 nitrogen and oxygen atoms in total. The maximum Gasteiger partial charge on any atom is 0.243 e. The maximum absolute atomic E-state index is 13.9. The highest BCUT2D eigenvalue weighted by atomic mass is 32.2. The summed E-state index contributed by atoms with van der Waals surface area (Å²) in [6.45, 7) is 1.83. The third-order valence-electron chi connectivity index (χ3n) is 5.03. The maximum atomic E-state index is 13.9. The summed E-state index contributed by atoms with van der Waals surface area (Å²) in [5.41, 5.74) is 2.03. The number of benzene rings is 2. The molecule has 152 valence electrons. The monoisotopic (exact) mass is 409 g/mol. The molecule has 28 heavy (non-hydrogen) atoms. The largest absolute Gasteiger partial charge is 0.378 e. The van der Waals surface area contributed by atoms with Gasteiger partial charge in [-0.25, -0.2) is 21.9 Å². The number of nitrogens with zero attached hydrogens (tertiary/aromatic N) is 2. The lowest BCUT2D eigenvalue weighted by Crippen LogP contribution is -2.37. The Hall–Kier alpha value is -2.03. The Kier molecular flexibility index (Phi) is 6.32. The highest BCUT2D eigenvalue weighted by Crippen LogP contribution is 2.27. The van der Waals surface area contributed by atoms with Crippen molar-refractivity contribution in [1.82, 2.24) is 9.62 Å². The Bertz CT molecular complexity index is 912. The number of sulfonamides is 1. The summed E-state index contributed by atoms with van der Waals surface area (Å²) in [7, 11) is -0.262. The molecular formula is C20H25F2N3O2S. The van der Waals surface area contributed by atoms with Crippen LogP contribution in [0.5, 0.6) is 0 Å². The van der Waals surface area contributed by atoms with Gasteiger partial charge in [0.2, 0.25) is 10.0 Å². The number of nitrogens with one attached hydrogen (secondary N) is 1. The third kappa shape index (κ3) is 4.68. The van der Waals surface area contributed by atoms with Crippen LogP contribution < -0.4 is 9.62 Å². The number of hydrogen-bond donors (Lipinski definition) is 1. The Morgan fingerprint density at radius 1 is 1.07 bits per heavy atom. The topological polar surface area (TPSA) is 52.7 Å². The summed E-state index contributed by atoms with van der Waals surface area (Å²) in [6, 6.07) is 10.2. The number of anilines is 1. The Labute approximate surface area is 165 Å². The van der Waals surface area contributed by atoms with Gasteiger partial charge in [-0.15, -0.1) is 0 Å². The summed E-state index contributed by atoms with van der Waals surface area (Å²) in [5, 5.41) is 0. The van der Waals surface area contributed by atoms with Crippen LogP contribution in [0.2, 0.25) is 0 Å². The van der Waals surface area contributed by atoms with Crippen LogP contribution in [0.4, 0.5) is 14.5 Å². The number of likely N-dealkylation sites (tertiary alicyclic amines) is 1. The highest BCUT2D eigenvalue weighted by Gasteiger charge is 2.27. The van der Waals surface area contributed by atoms with E-state index in [1.54, 1.807) is 0 Å². The van der Waals surface area contributed by atoms with E-state index in [4.69, 9.17) is 0 Å². The highest BCUT2D eigenvalue weighted by molar-refractivity contribution is 7.89. The summed E-state index contributed by atoms with van der Waals surface area (Å²) in [4.78, 5) is 3.54. The van der Waals surface area contributed by atoms with Crippen LogP contribution >= 0.6 is 0 Å². The van der Waals surface area contributed by atoms with E-state index in [2.05, 4.69) is 9.62 Å². The van der Waals surface area contributed by atoms with Gasteiger partial charge in [0.25, 0.3) is 0 Å². The first-order valence-electron chi connectivity index (χ1n) is 9.24. The number of halogens is 2. The summed E-state index contributed by atoms with van der Waals surface area (Å²) in [6.07, 6.45) is 2.11. The van der Waals surface area contributed by atoms with Gasteiger partial charge in [-0.3, -0.25) is 4.90 Å². The zero-order valence-electron chi connectivity index (χ0n) is 16.0. The summed E-state index contributed by atoms with van der Waals surface area (Å²) >= 11 is 0. The van der Waals surface area contributed by atoms with E-state index in [0.29, 0.717) is 6.07 Å². The van der Waals surface area contributed by atoms with E-state index in [0.717, 1.165) is 49.3 Å². The van der Waals surface area contributed by atoms with Gasteiger partial charge in [0.05, 0.1) is 0 Å². The minimum absolute atomic E-state index is 0.0829. The molecular weight excluding hydrogens is 384 g/mol. The second-order valence-corrected chi connectivity index (χ2v) is 8.91. The predicted molar refractivity (Wildman–Crippen MR) is 106 cm³/mol. The zero-order valence-corrected chi connectivity index (χ0v) is 16.8. The Morgan fingerprint density at radius 3 is 2.32 bits per heavy atom. The molecule has 0 saturated carbocycles. The van der Waals surface area contributed by atoms with Crippen molar-refractivity contribution in [2.24, 2.45) is 0 Å². The van der Waals surface area contributed by atoms with E-state index < -0.39 is 26.6 Å². The molecule has 1 heterocycles. The van der Waals surface area contributed by atoms with Crippen molar-refractivity contribution in [2.45, 2.75) is 23.8 Å². The second kappa shape index (κ2) is 8.55. The molecule has 0 bridgehead atoms. The smallest absolute Gasteiger partial charge is 0.243 e. The average molecular weight is 410 g/mol. The van der Waals surface area contributed by atoms with Gasteiger partial charge in [-0.2, -0.15) is 0 Å². The Morgan fingerprint density at radius 2 is 1.71 bits per heavy atom. The minimum atomic E-state index is -4.17. The minimum Gasteiger partial charge on any atom is -0.378 e. The first-order chi connectivity index (χ1) is 13.3. The van der Waals surface area contributed by atoms with Crippen molar-refractivity contribution in [1.29, 1.82) is 0 Å². The Balaban J connectivity index is 1.82. The van der Waals surface area contributed by atoms with Gasteiger partial charge in [-0.05, 0) is 61.8 Å². The quantitative estimate of drug-likeness (QED) is 0.763. The molecule has 0 spiro atoms. The van der Waals surface area contributed by atoms with Crippen LogP contribution in [-0.4, -0.2) is 47.0 Å². The molecule has 1 aliphatic heterocycles. The first-order valence-corrected chi connectivity index (χ1v) is 10.7. The molecule has 2 aromatic rings. The lowest BCUT2D eigenvalue weighted by molar-refractivity contribution is 0.246.